The van der Waals surface area contributed by atoms with Crippen molar-refractivity contribution in [2.45, 2.75) is 6.92 Å². The first-order valence-corrected chi connectivity index (χ1v) is 5.71. The fourth-order valence-electron chi connectivity index (χ4n) is 2.27. The minimum absolute atomic E-state index is 0.155. The third-order valence-electron chi connectivity index (χ3n) is 3.06. The molecule has 3 rings (SSSR count). The van der Waals surface area contributed by atoms with Gasteiger partial charge < -0.3 is 14.2 Å². The Kier molecular flexibility index (Phi) is 2.38. The van der Waals surface area contributed by atoms with E-state index in [0.717, 1.165) is 10.9 Å². The molecule has 0 atom stereocenters. The lowest BCUT2D eigenvalue weighted by Gasteiger charge is -1.99. The van der Waals surface area contributed by atoms with Gasteiger partial charge in [-0.2, -0.15) is 4.98 Å². The smallest absolute Gasteiger partial charge is 0.353 e. The average molecular weight is 257 g/mol. The lowest BCUT2D eigenvalue weighted by molar-refractivity contribution is 0.0688. The van der Waals surface area contributed by atoms with Crippen LogP contribution in [0.5, 0.6) is 0 Å². The molecule has 0 unspecified atom stereocenters. The number of aromatic carboxylic acids is 1. The van der Waals surface area contributed by atoms with Gasteiger partial charge in [-0.25, -0.2) is 4.79 Å². The van der Waals surface area contributed by atoms with Crippen molar-refractivity contribution in [1.82, 2.24) is 14.7 Å². The summed E-state index contributed by atoms with van der Waals surface area (Å²) in [4.78, 5) is 15.6. The largest absolute Gasteiger partial charge is 0.477 e. The van der Waals surface area contributed by atoms with E-state index < -0.39 is 5.97 Å². The standard InChI is InChI=1S/C13H11N3O3/c1-7-14-12(15-19-7)10-8-5-3-4-6-9(8)16(2)11(10)13(17)18/h3-6H,1-2H3,(H,17,18). The highest BCUT2D eigenvalue weighted by molar-refractivity contribution is 6.06. The molecule has 6 nitrogen and oxygen atoms in total. The van der Waals surface area contributed by atoms with E-state index in [9.17, 15) is 9.90 Å². The average Bonchev–Trinajstić information content (AvgIpc) is 2.92. The van der Waals surface area contributed by atoms with E-state index in [4.69, 9.17) is 4.52 Å². The van der Waals surface area contributed by atoms with Crippen molar-refractivity contribution < 1.29 is 14.4 Å². The van der Waals surface area contributed by atoms with Crippen LogP contribution in [0.25, 0.3) is 22.3 Å². The van der Waals surface area contributed by atoms with Gasteiger partial charge in [0.2, 0.25) is 11.7 Å². The van der Waals surface area contributed by atoms with Crippen LogP contribution in [0.15, 0.2) is 28.8 Å². The van der Waals surface area contributed by atoms with Crippen molar-refractivity contribution in [1.29, 1.82) is 0 Å². The van der Waals surface area contributed by atoms with E-state index in [1.54, 1.807) is 18.5 Å². The lowest BCUT2D eigenvalue weighted by Crippen LogP contribution is -2.06. The molecule has 2 heterocycles. The molecule has 2 aromatic heterocycles. The molecule has 0 amide bonds. The number of carboxylic acids is 1. The first-order chi connectivity index (χ1) is 9.09. The lowest BCUT2D eigenvalue weighted by atomic mass is 10.1. The molecule has 0 saturated heterocycles. The summed E-state index contributed by atoms with van der Waals surface area (Å²) < 4.78 is 6.57. The molecule has 19 heavy (non-hydrogen) atoms. The second-order valence-electron chi connectivity index (χ2n) is 4.24. The van der Waals surface area contributed by atoms with Gasteiger partial charge in [0, 0.05) is 24.9 Å². The zero-order valence-corrected chi connectivity index (χ0v) is 10.4. The molecule has 0 saturated carbocycles. The summed E-state index contributed by atoms with van der Waals surface area (Å²) in [5, 5.41) is 14.0. The van der Waals surface area contributed by atoms with E-state index in [1.165, 1.54) is 0 Å². The Morgan fingerprint density at radius 2 is 2.11 bits per heavy atom. The second kappa shape index (κ2) is 3.94. The molecule has 0 aliphatic rings. The maximum Gasteiger partial charge on any atom is 0.353 e. The highest BCUT2D eigenvalue weighted by atomic mass is 16.5. The van der Waals surface area contributed by atoms with E-state index in [1.807, 2.05) is 24.3 Å². The molecule has 0 bridgehead atoms. The van der Waals surface area contributed by atoms with E-state index in [-0.39, 0.29) is 5.69 Å². The fraction of sp³-hybridized carbons (Fsp3) is 0.154. The number of hydrogen-bond acceptors (Lipinski definition) is 4. The predicted octanol–water partition coefficient (Wildman–Crippen LogP) is 2.23. The zero-order valence-electron chi connectivity index (χ0n) is 10.4. The van der Waals surface area contributed by atoms with Crippen molar-refractivity contribution in [3.63, 3.8) is 0 Å². The molecule has 0 fully saturated rings. The monoisotopic (exact) mass is 257 g/mol. The van der Waals surface area contributed by atoms with Crippen LogP contribution in [0.4, 0.5) is 0 Å². The molecular weight excluding hydrogens is 246 g/mol. The van der Waals surface area contributed by atoms with Crippen LogP contribution in [0.3, 0.4) is 0 Å². The number of hydrogen-bond donors (Lipinski definition) is 1. The summed E-state index contributed by atoms with van der Waals surface area (Å²) in [6, 6.07) is 7.42. The van der Waals surface area contributed by atoms with Gasteiger partial charge in [0.15, 0.2) is 0 Å². The molecule has 96 valence electrons. The van der Waals surface area contributed by atoms with Crippen molar-refractivity contribution in [3.8, 4) is 11.4 Å². The van der Waals surface area contributed by atoms with Gasteiger partial charge in [-0.1, -0.05) is 23.4 Å². The number of fused-ring (bicyclic) bond motifs is 1. The zero-order chi connectivity index (χ0) is 13.6. The third kappa shape index (κ3) is 1.61. The van der Waals surface area contributed by atoms with Gasteiger partial charge >= 0.3 is 5.97 Å². The maximum absolute atomic E-state index is 11.5. The summed E-state index contributed by atoms with van der Waals surface area (Å²) in [6.07, 6.45) is 0. The van der Waals surface area contributed by atoms with Gasteiger partial charge in [-0.3, -0.25) is 0 Å². The Morgan fingerprint density at radius 3 is 2.74 bits per heavy atom. The van der Waals surface area contributed by atoms with E-state index in [2.05, 4.69) is 10.1 Å². The number of carbonyl (C=O) groups is 1. The van der Waals surface area contributed by atoms with Gasteiger partial charge in [0.25, 0.3) is 0 Å². The molecular formula is C13H11N3O3. The minimum atomic E-state index is -1.02. The molecule has 3 aromatic rings. The summed E-state index contributed by atoms with van der Waals surface area (Å²) in [5.41, 5.74) is 1.46. The number of nitrogens with zero attached hydrogens (tertiary/aromatic N) is 3. The second-order valence-corrected chi connectivity index (χ2v) is 4.24. The van der Waals surface area contributed by atoms with Crippen LogP contribution in [-0.4, -0.2) is 25.8 Å². The van der Waals surface area contributed by atoms with Gasteiger partial charge in [-0.15, -0.1) is 0 Å². The summed E-state index contributed by atoms with van der Waals surface area (Å²) in [5.74, 6) is -0.317. The van der Waals surface area contributed by atoms with E-state index >= 15 is 0 Å². The van der Waals surface area contributed by atoms with Crippen LogP contribution < -0.4 is 0 Å². The molecule has 1 N–H and O–H groups in total. The normalized spacial score (nSPS) is 11.1. The van der Waals surface area contributed by atoms with Crippen LogP contribution in [-0.2, 0) is 7.05 Å². The number of para-hydroxylation sites is 1. The fourth-order valence-corrected chi connectivity index (χ4v) is 2.27. The first kappa shape index (κ1) is 11.5. The Balaban J connectivity index is 2.45. The van der Waals surface area contributed by atoms with Crippen LogP contribution in [0, 0.1) is 6.92 Å². The summed E-state index contributed by atoms with van der Waals surface area (Å²) >= 11 is 0. The van der Waals surface area contributed by atoms with Crippen LogP contribution in [0.2, 0.25) is 0 Å². The van der Waals surface area contributed by atoms with Gasteiger partial charge in [0.1, 0.15) is 5.69 Å². The van der Waals surface area contributed by atoms with E-state index in [0.29, 0.717) is 17.3 Å². The quantitative estimate of drug-likeness (QED) is 0.761. The predicted molar refractivity (Wildman–Crippen MR) is 67.9 cm³/mol. The Hall–Kier alpha value is -2.63. The number of benzene rings is 1. The Labute approximate surface area is 108 Å². The first-order valence-electron chi connectivity index (χ1n) is 5.71. The van der Waals surface area contributed by atoms with Crippen molar-refractivity contribution >= 4 is 16.9 Å². The number of carboxylic acid groups (broad SMARTS) is 1. The highest BCUT2D eigenvalue weighted by Gasteiger charge is 2.24. The van der Waals surface area contributed by atoms with Crippen LogP contribution >= 0.6 is 0 Å². The number of rotatable bonds is 2. The van der Waals surface area contributed by atoms with Crippen LogP contribution in [0.1, 0.15) is 16.4 Å². The van der Waals surface area contributed by atoms with Gasteiger partial charge in [-0.05, 0) is 6.07 Å². The number of aromatic nitrogens is 3. The van der Waals surface area contributed by atoms with Crippen molar-refractivity contribution in [2.75, 3.05) is 0 Å². The molecule has 0 aliphatic heterocycles. The van der Waals surface area contributed by atoms with Crippen molar-refractivity contribution in [2.24, 2.45) is 7.05 Å². The maximum atomic E-state index is 11.5. The molecule has 0 spiro atoms. The highest BCUT2D eigenvalue weighted by Crippen LogP contribution is 2.32. The Morgan fingerprint density at radius 1 is 1.37 bits per heavy atom. The SMILES string of the molecule is Cc1nc(-c2c(C(=O)O)n(C)c3ccccc23)no1. The molecule has 6 heteroatoms. The van der Waals surface area contributed by atoms with Gasteiger partial charge in [0.05, 0.1) is 5.56 Å². The summed E-state index contributed by atoms with van der Waals surface area (Å²) in [6.45, 7) is 1.67. The number of aryl methyl sites for hydroxylation is 2. The summed E-state index contributed by atoms with van der Waals surface area (Å²) in [7, 11) is 1.71. The molecule has 0 radical (unpaired) electrons. The third-order valence-corrected chi connectivity index (χ3v) is 3.06. The molecule has 0 aliphatic carbocycles. The van der Waals surface area contributed by atoms with Crippen molar-refractivity contribution in [3.05, 3.63) is 35.9 Å². The molecule has 1 aromatic carbocycles. The Bertz CT molecular complexity index is 786. The minimum Gasteiger partial charge on any atom is -0.477 e. The topological polar surface area (TPSA) is 81.1 Å².